The number of hydrogen-bond donors (Lipinski definition) is 1. The van der Waals surface area contributed by atoms with Gasteiger partial charge in [0.2, 0.25) is 0 Å². The number of allylic oxidation sites excluding steroid dienone is 1. The Morgan fingerprint density at radius 2 is 1.88 bits per heavy atom. The van der Waals surface area contributed by atoms with Crippen molar-refractivity contribution in [3.63, 3.8) is 0 Å². The van der Waals surface area contributed by atoms with Crippen LogP contribution in [0.1, 0.15) is 10.6 Å². The van der Waals surface area contributed by atoms with Crippen molar-refractivity contribution in [2.45, 2.75) is 0 Å². The molecule has 25 heavy (non-hydrogen) atoms. The number of aromatic nitrogens is 1. The van der Waals surface area contributed by atoms with Crippen molar-refractivity contribution in [2.75, 3.05) is 0 Å². The average molecular weight is 349 g/mol. The van der Waals surface area contributed by atoms with E-state index in [1.54, 1.807) is 47.9 Å². The Hall–Kier alpha value is -3.50. The average Bonchev–Trinajstić information content (AvgIpc) is 3.11. The number of phenols is 1. The van der Waals surface area contributed by atoms with E-state index in [9.17, 15) is 20.5 Å². The molecule has 0 aliphatic heterocycles. The fraction of sp³-hybridized carbons (Fsp3) is 0. The molecule has 3 rings (SSSR count). The highest BCUT2D eigenvalue weighted by Gasteiger charge is 2.11. The Kier molecular flexibility index (Phi) is 4.55. The van der Waals surface area contributed by atoms with Crippen molar-refractivity contribution < 1.29 is 10.0 Å². The van der Waals surface area contributed by atoms with Crippen LogP contribution in [0, 0.1) is 21.4 Å². The van der Waals surface area contributed by atoms with Crippen LogP contribution in [0.3, 0.4) is 0 Å². The second kappa shape index (κ2) is 6.95. The van der Waals surface area contributed by atoms with Crippen LogP contribution in [0.5, 0.6) is 5.75 Å². The molecule has 3 aromatic rings. The van der Waals surface area contributed by atoms with E-state index in [-0.39, 0.29) is 11.4 Å². The Bertz CT molecular complexity index is 984. The molecule has 122 valence electrons. The molecular weight excluding hydrogens is 338 g/mol. The lowest BCUT2D eigenvalue weighted by Crippen LogP contribution is -1.87. The lowest BCUT2D eigenvalue weighted by Gasteiger charge is -1.97. The highest BCUT2D eigenvalue weighted by atomic mass is 32.1. The van der Waals surface area contributed by atoms with Crippen LogP contribution in [-0.2, 0) is 0 Å². The SMILES string of the molecule is N#CC(=Cc1ccc(O)cc1)c1nc(-c2ccc([N+](=O)[O-])cc2)cs1. The lowest BCUT2D eigenvalue weighted by atomic mass is 10.1. The normalized spacial score (nSPS) is 11.1. The molecule has 0 atom stereocenters. The molecule has 2 aromatic carbocycles. The van der Waals surface area contributed by atoms with Crippen molar-refractivity contribution in [1.29, 1.82) is 5.26 Å². The first-order chi connectivity index (χ1) is 12.1. The van der Waals surface area contributed by atoms with Crippen molar-refractivity contribution in [3.8, 4) is 23.1 Å². The highest BCUT2D eigenvalue weighted by molar-refractivity contribution is 7.11. The monoisotopic (exact) mass is 349 g/mol. The number of rotatable bonds is 4. The van der Waals surface area contributed by atoms with Gasteiger partial charge in [-0.15, -0.1) is 11.3 Å². The predicted molar refractivity (Wildman–Crippen MR) is 95.8 cm³/mol. The molecule has 1 aromatic heterocycles. The van der Waals surface area contributed by atoms with E-state index < -0.39 is 4.92 Å². The second-order valence-electron chi connectivity index (χ2n) is 5.10. The van der Waals surface area contributed by atoms with Crippen LogP contribution < -0.4 is 0 Å². The molecule has 6 nitrogen and oxygen atoms in total. The molecule has 0 saturated carbocycles. The summed E-state index contributed by atoms with van der Waals surface area (Å²) in [4.78, 5) is 14.7. The zero-order chi connectivity index (χ0) is 17.8. The van der Waals surface area contributed by atoms with E-state index in [0.29, 0.717) is 16.3 Å². The van der Waals surface area contributed by atoms with Crippen molar-refractivity contribution in [3.05, 3.63) is 74.6 Å². The van der Waals surface area contributed by atoms with Gasteiger partial charge in [-0.25, -0.2) is 4.98 Å². The maximum Gasteiger partial charge on any atom is 0.269 e. The largest absolute Gasteiger partial charge is 0.508 e. The van der Waals surface area contributed by atoms with Gasteiger partial charge in [0.15, 0.2) is 0 Å². The molecule has 0 aliphatic carbocycles. The van der Waals surface area contributed by atoms with Crippen molar-refractivity contribution in [2.24, 2.45) is 0 Å². The van der Waals surface area contributed by atoms with Gasteiger partial charge in [0.1, 0.15) is 16.8 Å². The van der Waals surface area contributed by atoms with Gasteiger partial charge in [-0.2, -0.15) is 5.26 Å². The first-order valence-corrected chi connectivity index (χ1v) is 8.06. The minimum Gasteiger partial charge on any atom is -0.508 e. The summed E-state index contributed by atoms with van der Waals surface area (Å²) >= 11 is 1.32. The number of nitro benzene ring substituents is 1. The molecule has 0 aliphatic rings. The minimum atomic E-state index is -0.454. The van der Waals surface area contributed by atoms with Gasteiger partial charge in [-0.1, -0.05) is 12.1 Å². The Balaban J connectivity index is 1.90. The molecule has 0 bridgehead atoms. The predicted octanol–water partition coefficient (Wildman–Crippen LogP) is 4.49. The lowest BCUT2D eigenvalue weighted by molar-refractivity contribution is -0.384. The fourth-order valence-electron chi connectivity index (χ4n) is 2.16. The summed E-state index contributed by atoms with van der Waals surface area (Å²) in [6, 6.07) is 14.7. The number of thiazole rings is 1. The number of benzene rings is 2. The number of hydrogen-bond acceptors (Lipinski definition) is 6. The van der Waals surface area contributed by atoms with Crippen LogP contribution in [-0.4, -0.2) is 15.0 Å². The van der Waals surface area contributed by atoms with Gasteiger partial charge in [-0.3, -0.25) is 10.1 Å². The van der Waals surface area contributed by atoms with Crippen molar-refractivity contribution in [1.82, 2.24) is 4.98 Å². The van der Waals surface area contributed by atoms with Gasteiger partial charge >= 0.3 is 0 Å². The third kappa shape index (κ3) is 3.71. The second-order valence-corrected chi connectivity index (χ2v) is 5.96. The molecule has 1 heterocycles. The van der Waals surface area contributed by atoms with Crippen molar-refractivity contribution >= 4 is 28.7 Å². The zero-order valence-corrected chi connectivity index (χ0v) is 13.6. The maximum absolute atomic E-state index is 10.7. The third-order valence-electron chi connectivity index (χ3n) is 3.43. The molecule has 0 unspecified atom stereocenters. The first kappa shape index (κ1) is 16.4. The van der Waals surface area contributed by atoms with E-state index in [0.717, 1.165) is 11.1 Å². The molecular formula is C18H11N3O3S. The summed E-state index contributed by atoms with van der Waals surface area (Å²) in [5.74, 6) is 0.158. The van der Waals surface area contributed by atoms with Gasteiger partial charge in [0.25, 0.3) is 5.69 Å². The first-order valence-electron chi connectivity index (χ1n) is 7.18. The Morgan fingerprint density at radius 1 is 1.20 bits per heavy atom. The van der Waals surface area contributed by atoms with Gasteiger partial charge in [0, 0.05) is 23.1 Å². The number of phenolic OH excluding ortho intramolecular Hbond substituents is 1. The van der Waals surface area contributed by atoms with Crippen LogP contribution in [0.25, 0.3) is 22.9 Å². The summed E-state index contributed by atoms with van der Waals surface area (Å²) in [5.41, 5.74) is 2.60. The van der Waals surface area contributed by atoms with Gasteiger partial charge in [-0.05, 0) is 35.9 Å². The number of nitriles is 1. The van der Waals surface area contributed by atoms with E-state index in [4.69, 9.17) is 0 Å². The number of non-ortho nitro benzene ring substituents is 1. The van der Waals surface area contributed by atoms with E-state index in [1.165, 1.54) is 23.5 Å². The van der Waals surface area contributed by atoms with Crippen LogP contribution >= 0.6 is 11.3 Å². The van der Waals surface area contributed by atoms with Gasteiger partial charge in [0.05, 0.1) is 16.2 Å². The summed E-state index contributed by atoms with van der Waals surface area (Å²) in [7, 11) is 0. The summed E-state index contributed by atoms with van der Waals surface area (Å²) in [6.45, 7) is 0. The molecule has 7 heteroatoms. The zero-order valence-electron chi connectivity index (χ0n) is 12.8. The molecule has 1 N–H and O–H groups in total. The molecule has 0 radical (unpaired) electrons. The third-order valence-corrected chi connectivity index (χ3v) is 4.31. The quantitative estimate of drug-likeness (QED) is 0.425. The summed E-state index contributed by atoms with van der Waals surface area (Å²) in [5, 5.41) is 31.8. The van der Waals surface area contributed by atoms with Crippen LogP contribution in [0.2, 0.25) is 0 Å². The molecule has 0 fully saturated rings. The molecule has 0 saturated heterocycles. The summed E-state index contributed by atoms with van der Waals surface area (Å²) in [6.07, 6.45) is 1.69. The van der Waals surface area contributed by atoms with E-state index in [1.807, 2.05) is 0 Å². The van der Waals surface area contributed by atoms with Crippen LogP contribution in [0.4, 0.5) is 5.69 Å². The molecule has 0 spiro atoms. The van der Waals surface area contributed by atoms with E-state index in [2.05, 4.69) is 11.1 Å². The topological polar surface area (TPSA) is 100 Å². The summed E-state index contributed by atoms with van der Waals surface area (Å²) < 4.78 is 0. The van der Waals surface area contributed by atoms with Crippen LogP contribution in [0.15, 0.2) is 53.9 Å². The number of nitro groups is 1. The van der Waals surface area contributed by atoms with E-state index >= 15 is 0 Å². The molecule has 0 amide bonds. The Morgan fingerprint density at radius 3 is 2.48 bits per heavy atom. The standard InChI is InChI=1S/C18H11N3O3S/c19-10-14(9-12-1-7-16(22)8-2-12)18-20-17(11-25-18)13-3-5-15(6-4-13)21(23)24/h1-9,11,22H. The highest BCUT2D eigenvalue weighted by Crippen LogP contribution is 2.28. The Labute approximate surface area is 147 Å². The smallest absolute Gasteiger partial charge is 0.269 e. The van der Waals surface area contributed by atoms with Gasteiger partial charge < -0.3 is 5.11 Å². The maximum atomic E-state index is 10.7. The number of nitrogens with zero attached hydrogens (tertiary/aromatic N) is 3. The number of aromatic hydroxyl groups is 1. The minimum absolute atomic E-state index is 0.0177. The fourth-order valence-corrected chi connectivity index (χ4v) is 2.96.